The molecule has 0 aromatic carbocycles. The number of hydrogen-bond acceptors (Lipinski definition) is 0. The molecule has 0 aromatic heterocycles. The van der Waals surface area contributed by atoms with Gasteiger partial charge in [-0.3, -0.25) is 0 Å². The van der Waals surface area contributed by atoms with Gasteiger partial charge in [0, 0.05) is 102 Å². The fourth-order valence-electron chi connectivity index (χ4n) is 0. The van der Waals surface area contributed by atoms with E-state index in [4.69, 9.17) is 0 Å². The molecule has 0 N–H and O–H groups in total. The molecule has 26 valence electrons. The molecule has 0 atom stereocenters. The Balaban J connectivity index is 0. The summed E-state index contributed by atoms with van der Waals surface area (Å²) in [5, 5.41) is 0. The average Bonchev–Trinajstić information content (AvgIpc) is 0. The van der Waals surface area contributed by atoms with E-state index in [1.807, 2.05) is 0 Å². The normalized spacial score (nSPS) is 0. The van der Waals surface area contributed by atoms with Crippen LogP contribution in [0.25, 0.3) is 0 Å². The molecular formula is CCaFeMgNi. The Morgan fingerprint density at radius 2 is 1.00 bits per heavy atom. The van der Waals surface area contributed by atoms with Crippen LogP contribution in [0.3, 0.4) is 0 Å². The molecular weight excluding hydrogens is 191 g/mol. The third kappa shape index (κ3) is 19.4. The number of hydrogen-bond donors (Lipinski definition) is 0. The first-order valence-corrected chi connectivity index (χ1v) is 0. The third-order valence-electron chi connectivity index (χ3n) is 0. The van der Waals surface area contributed by atoms with Crippen LogP contribution in [0, 0.1) is 7.43 Å². The van der Waals surface area contributed by atoms with E-state index in [2.05, 4.69) is 0 Å². The molecule has 0 aliphatic carbocycles. The van der Waals surface area contributed by atoms with Gasteiger partial charge in [0.05, 0.1) is 0 Å². The van der Waals surface area contributed by atoms with Crippen molar-refractivity contribution in [3.05, 3.63) is 7.43 Å². The Hall–Kier alpha value is 3.04. The molecule has 0 saturated heterocycles. The molecule has 0 heterocycles. The van der Waals surface area contributed by atoms with Crippen LogP contribution in [0.4, 0.5) is 0 Å². The van der Waals surface area contributed by atoms with Crippen molar-refractivity contribution in [3.8, 4) is 0 Å². The van der Waals surface area contributed by atoms with Gasteiger partial charge in [-0.2, -0.15) is 0 Å². The molecule has 8 radical (unpaired) electrons. The minimum absolute atomic E-state index is 0. The maximum absolute atomic E-state index is 0. The molecule has 0 nitrogen and oxygen atoms in total. The van der Waals surface area contributed by atoms with Gasteiger partial charge in [0.1, 0.15) is 0 Å². The van der Waals surface area contributed by atoms with Crippen molar-refractivity contribution in [1.29, 1.82) is 0 Å². The van der Waals surface area contributed by atoms with Crippen LogP contribution in [0.2, 0.25) is 0 Å². The van der Waals surface area contributed by atoms with Gasteiger partial charge < -0.3 is 0 Å². The Morgan fingerprint density at radius 1 is 1.00 bits per heavy atom. The zero-order valence-electron chi connectivity index (χ0n) is 2.58. The minimum atomic E-state index is 0. The van der Waals surface area contributed by atoms with E-state index in [9.17, 15) is 0 Å². The summed E-state index contributed by atoms with van der Waals surface area (Å²) in [5.41, 5.74) is 0. The van der Waals surface area contributed by atoms with Crippen molar-refractivity contribution in [3.63, 3.8) is 0 Å². The van der Waals surface area contributed by atoms with Crippen molar-refractivity contribution in [2.75, 3.05) is 0 Å². The summed E-state index contributed by atoms with van der Waals surface area (Å²) in [6.07, 6.45) is 0. The summed E-state index contributed by atoms with van der Waals surface area (Å²) in [5.74, 6) is 0. The zero-order chi connectivity index (χ0) is 0. The molecule has 4 heteroatoms. The van der Waals surface area contributed by atoms with Gasteiger partial charge >= 0.3 is 0 Å². The van der Waals surface area contributed by atoms with Gasteiger partial charge in [0.25, 0.3) is 0 Å². The second-order valence-electron chi connectivity index (χ2n) is 0. The van der Waals surface area contributed by atoms with Crippen LogP contribution in [0.1, 0.15) is 0 Å². The van der Waals surface area contributed by atoms with Gasteiger partial charge in [-0.15, -0.1) is 0 Å². The molecule has 0 fully saturated rings. The van der Waals surface area contributed by atoms with E-state index in [1.54, 1.807) is 0 Å². The fourth-order valence-corrected chi connectivity index (χ4v) is 0. The van der Waals surface area contributed by atoms with E-state index in [1.165, 1.54) is 0 Å². The van der Waals surface area contributed by atoms with Crippen LogP contribution in [0.15, 0.2) is 0 Å². The van der Waals surface area contributed by atoms with Crippen LogP contribution >= 0.6 is 0 Å². The first-order valence-electron chi connectivity index (χ1n) is 0. The van der Waals surface area contributed by atoms with Gasteiger partial charge in [-0.05, 0) is 0 Å². The van der Waals surface area contributed by atoms with Crippen molar-refractivity contribution in [2.24, 2.45) is 0 Å². The molecule has 0 aliphatic heterocycles. The first-order chi connectivity index (χ1) is 0. The smallest absolute Gasteiger partial charge is 0 e. The van der Waals surface area contributed by atoms with Crippen molar-refractivity contribution >= 4 is 60.8 Å². The molecule has 0 aliphatic rings. The Morgan fingerprint density at radius 3 is 1.00 bits per heavy atom. The van der Waals surface area contributed by atoms with E-state index < -0.39 is 0 Å². The molecule has 0 rings (SSSR count). The van der Waals surface area contributed by atoms with Crippen LogP contribution in [-0.4, -0.2) is 60.8 Å². The summed E-state index contributed by atoms with van der Waals surface area (Å²) in [6, 6.07) is 0. The maximum atomic E-state index is 0. The van der Waals surface area contributed by atoms with Crippen LogP contribution < -0.4 is 0 Å². The minimum Gasteiger partial charge on any atom is 0 e. The van der Waals surface area contributed by atoms with Crippen LogP contribution in [-0.2, 0) is 33.6 Å². The molecule has 0 bridgehead atoms. The van der Waals surface area contributed by atoms with E-state index in [0.29, 0.717) is 0 Å². The summed E-state index contributed by atoms with van der Waals surface area (Å²) < 4.78 is 0. The average molecular weight is 191 g/mol. The van der Waals surface area contributed by atoms with Gasteiger partial charge in [-0.1, -0.05) is 0 Å². The van der Waals surface area contributed by atoms with Gasteiger partial charge in [-0.25, -0.2) is 0 Å². The summed E-state index contributed by atoms with van der Waals surface area (Å²) >= 11 is 0. The number of rotatable bonds is 0. The Bertz CT molecular complexity index is 11.6. The molecule has 0 amide bonds. The quantitative estimate of drug-likeness (QED) is 0.445. The second kappa shape index (κ2) is 27.8. The molecule has 0 spiro atoms. The second-order valence-corrected chi connectivity index (χ2v) is 0. The molecule has 5 heavy (non-hydrogen) atoms. The molecule has 0 saturated carbocycles. The fraction of sp³-hybridized carbons (Fsp3) is 0. The Kier molecular flexibility index (Phi) is 240. The topological polar surface area (TPSA) is 0 Å². The standard InChI is InChI=1S/C.Ca.Fe.Mg.Ni. The van der Waals surface area contributed by atoms with E-state index in [-0.39, 0.29) is 102 Å². The predicted molar refractivity (Wildman–Crippen MR) is 14.8 cm³/mol. The van der Waals surface area contributed by atoms with Crippen molar-refractivity contribution < 1.29 is 33.6 Å². The van der Waals surface area contributed by atoms with Crippen molar-refractivity contribution in [1.82, 2.24) is 0 Å². The summed E-state index contributed by atoms with van der Waals surface area (Å²) in [7, 11) is 0. The van der Waals surface area contributed by atoms with Gasteiger partial charge in [0.2, 0.25) is 0 Å². The zero-order valence-corrected chi connectivity index (χ0v) is 8.30. The Labute approximate surface area is 99.8 Å². The third-order valence-corrected chi connectivity index (χ3v) is 0. The predicted octanol–water partition coefficient (Wildman–Crippen LogP) is -0.685. The first kappa shape index (κ1) is 43.1. The van der Waals surface area contributed by atoms with Crippen molar-refractivity contribution in [2.45, 2.75) is 0 Å². The summed E-state index contributed by atoms with van der Waals surface area (Å²) in [6.45, 7) is 0. The largest absolute Gasteiger partial charge is 0 e. The van der Waals surface area contributed by atoms with E-state index in [0.717, 1.165) is 0 Å². The monoisotopic (exact) mass is 190 g/mol. The van der Waals surface area contributed by atoms with Crippen LogP contribution in [0.5, 0.6) is 0 Å². The molecule has 0 aromatic rings. The summed E-state index contributed by atoms with van der Waals surface area (Å²) in [4.78, 5) is 0. The van der Waals surface area contributed by atoms with Gasteiger partial charge in [0.15, 0.2) is 0 Å². The SMILES string of the molecule is [C].[Ca].[Fe].[Mg].[Ni]. The van der Waals surface area contributed by atoms with E-state index >= 15 is 0 Å². The molecule has 0 unspecified atom stereocenters. The maximum Gasteiger partial charge on any atom is 0 e.